The summed E-state index contributed by atoms with van der Waals surface area (Å²) in [6.07, 6.45) is 3.59. The summed E-state index contributed by atoms with van der Waals surface area (Å²) in [7, 11) is 4.07. The van der Waals surface area contributed by atoms with Gasteiger partial charge in [0.15, 0.2) is 0 Å². The SMILES string of the molecule is CC(C)NCc1ccncc1OCCN(C)C. The van der Waals surface area contributed by atoms with Crippen LogP contribution in [0.4, 0.5) is 0 Å². The molecule has 0 saturated carbocycles. The molecule has 0 aliphatic carbocycles. The van der Waals surface area contributed by atoms with Crippen LogP contribution in [0.15, 0.2) is 18.5 Å². The largest absolute Gasteiger partial charge is 0.490 e. The van der Waals surface area contributed by atoms with E-state index >= 15 is 0 Å². The third kappa shape index (κ3) is 5.65. The Labute approximate surface area is 104 Å². The summed E-state index contributed by atoms with van der Waals surface area (Å²) in [5, 5.41) is 3.38. The summed E-state index contributed by atoms with van der Waals surface area (Å²) in [5.74, 6) is 0.877. The van der Waals surface area contributed by atoms with E-state index in [1.165, 1.54) is 0 Å². The van der Waals surface area contributed by atoms with Gasteiger partial charge in [0.2, 0.25) is 0 Å². The molecule has 0 atom stereocenters. The van der Waals surface area contributed by atoms with Crippen molar-refractivity contribution >= 4 is 0 Å². The monoisotopic (exact) mass is 237 g/mol. The first kappa shape index (κ1) is 13.9. The molecule has 1 aromatic heterocycles. The molecule has 0 bridgehead atoms. The third-order valence-electron chi connectivity index (χ3n) is 2.37. The zero-order valence-corrected chi connectivity index (χ0v) is 11.2. The lowest BCUT2D eigenvalue weighted by Crippen LogP contribution is -2.23. The second kappa shape index (κ2) is 7.25. The Morgan fingerprint density at radius 2 is 2.18 bits per heavy atom. The standard InChI is InChI=1S/C13H23N3O/c1-11(2)15-9-12-5-6-14-10-13(12)17-8-7-16(3)4/h5-6,10-11,15H,7-9H2,1-4H3. The maximum atomic E-state index is 5.74. The smallest absolute Gasteiger partial charge is 0.142 e. The normalized spacial score (nSPS) is 11.2. The highest BCUT2D eigenvalue weighted by atomic mass is 16.5. The van der Waals surface area contributed by atoms with Crippen molar-refractivity contribution in [2.24, 2.45) is 0 Å². The van der Waals surface area contributed by atoms with E-state index < -0.39 is 0 Å². The molecule has 1 heterocycles. The highest BCUT2D eigenvalue weighted by Crippen LogP contribution is 2.16. The first-order valence-corrected chi connectivity index (χ1v) is 6.03. The Bertz CT molecular complexity index is 326. The summed E-state index contributed by atoms with van der Waals surface area (Å²) in [6.45, 7) is 6.68. The number of ether oxygens (including phenoxy) is 1. The first-order valence-electron chi connectivity index (χ1n) is 6.03. The minimum absolute atomic E-state index is 0.470. The molecule has 17 heavy (non-hydrogen) atoms. The van der Waals surface area contributed by atoms with Crippen LogP contribution < -0.4 is 10.1 Å². The molecule has 0 radical (unpaired) electrons. The average Bonchev–Trinajstić information content (AvgIpc) is 2.27. The van der Waals surface area contributed by atoms with Gasteiger partial charge in [-0.25, -0.2) is 0 Å². The van der Waals surface area contributed by atoms with Crippen LogP contribution in [0.25, 0.3) is 0 Å². The number of aromatic nitrogens is 1. The number of nitrogens with one attached hydrogen (secondary N) is 1. The van der Waals surface area contributed by atoms with E-state index in [9.17, 15) is 0 Å². The van der Waals surface area contributed by atoms with E-state index in [2.05, 4.69) is 29.0 Å². The van der Waals surface area contributed by atoms with Crippen molar-refractivity contribution in [1.29, 1.82) is 0 Å². The molecule has 0 amide bonds. The lowest BCUT2D eigenvalue weighted by molar-refractivity contribution is 0.258. The fraction of sp³-hybridized carbons (Fsp3) is 0.615. The van der Waals surface area contributed by atoms with Gasteiger partial charge < -0.3 is 15.0 Å². The van der Waals surface area contributed by atoms with Crippen LogP contribution in [0, 0.1) is 0 Å². The van der Waals surface area contributed by atoms with E-state index in [-0.39, 0.29) is 0 Å². The molecular formula is C13H23N3O. The zero-order valence-electron chi connectivity index (χ0n) is 11.2. The van der Waals surface area contributed by atoms with E-state index in [4.69, 9.17) is 4.74 Å². The number of hydrogen-bond acceptors (Lipinski definition) is 4. The lowest BCUT2D eigenvalue weighted by Gasteiger charge is -2.14. The van der Waals surface area contributed by atoms with E-state index in [1.807, 2.05) is 20.2 Å². The molecule has 0 aliphatic rings. The highest BCUT2D eigenvalue weighted by Gasteiger charge is 2.04. The van der Waals surface area contributed by atoms with Gasteiger partial charge in [0.25, 0.3) is 0 Å². The van der Waals surface area contributed by atoms with Gasteiger partial charge >= 0.3 is 0 Å². The summed E-state index contributed by atoms with van der Waals surface area (Å²) in [5.41, 5.74) is 1.16. The van der Waals surface area contributed by atoms with Gasteiger partial charge in [-0.1, -0.05) is 13.8 Å². The molecule has 1 aromatic rings. The molecule has 0 unspecified atom stereocenters. The summed E-state index contributed by atoms with van der Waals surface area (Å²) in [4.78, 5) is 6.20. The number of nitrogens with zero attached hydrogens (tertiary/aromatic N) is 2. The molecule has 1 rings (SSSR count). The van der Waals surface area contributed by atoms with Crippen LogP contribution in [0.3, 0.4) is 0 Å². The summed E-state index contributed by atoms with van der Waals surface area (Å²) >= 11 is 0. The molecule has 96 valence electrons. The number of pyridine rings is 1. The van der Waals surface area contributed by atoms with E-state index in [0.29, 0.717) is 12.6 Å². The van der Waals surface area contributed by atoms with Crippen LogP contribution >= 0.6 is 0 Å². The molecule has 0 spiro atoms. The third-order valence-corrected chi connectivity index (χ3v) is 2.37. The van der Waals surface area contributed by atoms with Gasteiger partial charge in [-0.3, -0.25) is 4.98 Å². The fourth-order valence-electron chi connectivity index (χ4n) is 1.34. The van der Waals surface area contributed by atoms with Crippen molar-refractivity contribution in [2.75, 3.05) is 27.2 Å². The Morgan fingerprint density at radius 1 is 1.41 bits per heavy atom. The van der Waals surface area contributed by atoms with Crippen molar-refractivity contribution in [3.63, 3.8) is 0 Å². The quantitative estimate of drug-likeness (QED) is 0.780. The first-order chi connectivity index (χ1) is 8.09. The Hall–Kier alpha value is -1.13. The Morgan fingerprint density at radius 3 is 2.82 bits per heavy atom. The molecule has 0 fully saturated rings. The summed E-state index contributed by atoms with van der Waals surface area (Å²) in [6, 6.07) is 2.47. The van der Waals surface area contributed by atoms with Crippen molar-refractivity contribution < 1.29 is 4.74 Å². The highest BCUT2D eigenvalue weighted by molar-refractivity contribution is 5.29. The second-order valence-corrected chi connectivity index (χ2v) is 4.67. The Balaban J connectivity index is 2.51. The zero-order chi connectivity index (χ0) is 12.7. The van der Waals surface area contributed by atoms with Crippen molar-refractivity contribution in [2.45, 2.75) is 26.4 Å². The lowest BCUT2D eigenvalue weighted by atomic mass is 10.2. The minimum atomic E-state index is 0.470. The van der Waals surface area contributed by atoms with Crippen molar-refractivity contribution in [3.8, 4) is 5.75 Å². The predicted molar refractivity (Wildman–Crippen MR) is 70.3 cm³/mol. The van der Waals surface area contributed by atoms with Gasteiger partial charge in [0.1, 0.15) is 12.4 Å². The van der Waals surface area contributed by atoms with Gasteiger partial charge in [0.05, 0.1) is 6.20 Å². The van der Waals surface area contributed by atoms with Crippen LogP contribution in [0.2, 0.25) is 0 Å². The Kier molecular flexibility index (Phi) is 5.94. The van der Waals surface area contributed by atoms with Gasteiger partial charge in [-0.2, -0.15) is 0 Å². The molecule has 4 nitrogen and oxygen atoms in total. The predicted octanol–water partition coefficient (Wildman–Crippen LogP) is 1.52. The van der Waals surface area contributed by atoms with E-state index in [0.717, 1.165) is 24.4 Å². The molecule has 0 aliphatic heterocycles. The number of likely N-dealkylation sites (N-methyl/N-ethyl adjacent to an activating group) is 1. The molecule has 1 N–H and O–H groups in total. The summed E-state index contributed by atoms with van der Waals surface area (Å²) < 4.78 is 5.74. The average molecular weight is 237 g/mol. The number of hydrogen-bond donors (Lipinski definition) is 1. The van der Waals surface area contributed by atoms with Crippen LogP contribution in [-0.2, 0) is 6.54 Å². The van der Waals surface area contributed by atoms with Crippen LogP contribution in [-0.4, -0.2) is 43.2 Å². The van der Waals surface area contributed by atoms with Crippen molar-refractivity contribution in [3.05, 3.63) is 24.0 Å². The van der Waals surface area contributed by atoms with Crippen LogP contribution in [0.5, 0.6) is 5.75 Å². The maximum Gasteiger partial charge on any atom is 0.142 e. The van der Waals surface area contributed by atoms with Crippen molar-refractivity contribution in [1.82, 2.24) is 15.2 Å². The molecular weight excluding hydrogens is 214 g/mol. The van der Waals surface area contributed by atoms with Gasteiger partial charge in [-0.05, 0) is 20.2 Å². The van der Waals surface area contributed by atoms with Gasteiger partial charge in [-0.15, -0.1) is 0 Å². The topological polar surface area (TPSA) is 37.4 Å². The molecule has 0 saturated heterocycles. The number of rotatable bonds is 7. The fourth-order valence-corrected chi connectivity index (χ4v) is 1.34. The van der Waals surface area contributed by atoms with Gasteiger partial charge in [0, 0.05) is 30.9 Å². The minimum Gasteiger partial charge on any atom is -0.490 e. The van der Waals surface area contributed by atoms with Crippen LogP contribution in [0.1, 0.15) is 19.4 Å². The second-order valence-electron chi connectivity index (χ2n) is 4.67. The molecule has 0 aromatic carbocycles. The van der Waals surface area contributed by atoms with E-state index in [1.54, 1.807) is 12.4 Å². The molecule has 4 heteroatoms. The maximum absolute atomic E-state index is 5.74.